The molecule has 9 heteroatoms. The summed E-state index contributed by atoms with van der Waals surface area (Å²) in [6.45, 7) is 2.37. The number of aromatic carboxylic acids is 1. The number of hydrogen-bond acceptors (Lipinski definition) is 5. The number of aryl methyl sites for hydroxylation is 1. The number of carboxylic acids is 1. The minimum absolute atomic E-state index is 0.0101. The Morgan fingerprint density at radius 2 is 2.19 bits per heavy atom. The van der Waals surface area contributed by atoms with Gasteiger partial charge in [-0.05, 0) is 31.3 Å². The molecule has 8 nitrogen and oxygen atoms in total. The number of carbonyl (C=O) groups is 3. The second-order valence-electron chi connectivity index (χ2n) is 4.89. The van der Waals surface area contributed by atoms with Gasteiger partial charge in [-0.2, -0.15) is 4.37 Å². The lowest BCUT2D eigenvalue weighted by molar-refractivity contribution is -0.121. The largest absolute Gasteiger partial charge is 0.478 e. The van der Waals surface area contributed by atoms with Crippen LogP contribution in [0.2, 0.25) is 0 Å². The molecule has 1 aliphatic heterocycles. The molecule has 2 heterocycles. The Morgan fingerprint density at radius 3 is 2.81 bits per heavy atom. The fraction of sp³-hybridized carbons (Fsp3) is 0.500. The standard InChI is InChI=1S/C12H16N4O4S/c1-6-8(11(18)19)10(21-15-6)14-9(17)7-3-2-4-16(5-7)12(13)20/h7H,2-5H2,1H3,(H2,13,20)(H,14,17)(H,18,19). The number of carbonyl (C=O) groups excluding carboxylic acids is 2. The van der Waals surface area contributed by atoms with Gasteiger partial charge in [-0.3, -0.25) is 4.79 Å². The number of nitrogens with zero attached hydrogens (tertiary/aromatic N) is 2. The molecule has 1 aromatic rings. The van der Waals surface area contributed by atoms with Gasteiger partial charge >= 0.3 is 12.0 Å². The number of urea groups is 1. The van der Waals surface area contributed by atoms with Crippen LogP contribution in [0.4, 0.5) is 9.80 Å². The van der Waals surface area contributed by atoms with E-state index in [1.54, 1.807) is 6.92 Å². The van der Waals surface area contributed by atoms with Gasteiger partial charge in [-0.1, -0.05) is 0 Å². The van der Waals surface area contributed by atoms with Crippen molar-refractivity contribution in [3.63, 3.8) is 0 Å². The van der Waals surface area contributed by atoms with Crippen LogP contribution in [0.25, 0.3) is 0 Å². The predicted octanol–water partition coefficient (Wildman–Crippen LogP) is 0.879. The fourth-order valence-electron chi connectivity index (χ4n) is 2.31. The highest BCUT2D eigenvalue weighted by Gasteiger charge is 2.29. The van der Waals surface area contributed by atoms with Gasteiger partial charge in [0.2, 0.25) is 5.91 Å². The van der Waals surface area contributed by atoms with E-state index in [2.05, 4.69) is 9.69 Å². The third-order valence-electron chi connectivity index (χ3n) is 3.42. The number of rotatable bonds is 3. The topological polar surface area (TPSA) is 126 Å². The summed E-state index contributed by atoms with van der Waals surface area (Å²) in [5, 5.41) is 11.9. The Labute approximate surface area is 125 Å². The van der Waals surface area contributed by atoms with Crippen LogP contribution in [0.15, 0.2) is 0 Å². The van der Waals surface area contributed by atoms with Gasteiger partial charge in [-0.15, -0.1) is 0 Å². The Bertz CT molecular complexity index is 586. The van der Waals surface area contributed by atoms with Crippen LogP contribution < -0.4 is 11.1 Å². The van der Waals surface area contributed by atoms with Gasteiger partial charge in [-0.25, -0.2) is 9.59 Å². The minimum atomic E-state index is -1.13. The minimum Gasteiger partial charge on any atom is -0.478 e. The summed E-state index contributed by atoms with van der Waals surface area (Å²) < 4.78 is 3.94. The average molecular weight is 312 g/mol. The lowest BCUT2D eigenvalue weighted by Gasteiger charge is -2.30. The van der Waals surface area contributed by atoms with E-state index in [1.807, 2.05) is 0 Å². The normalized spacial score (nSPS) is 18.3. The molecule has 1 atom stereocenters. The SMILES string of the molecule is Cc1nsc(NC(=O)C2CCCN(C(N)=O)C2)c1C(=O)O. The van der Waals surface area contributed by atoms with Gasteiger partial charge in [0.1, 0.15) is 10.6 Å². The van der Waals surface area contributed by atoms with Crippen molar-refractivity contribution in [2.75, 3.05) is 18.4 Å². The van der Waals surface area contributed by atoms with E-state index in [-0.39, 0.29) is 23.0 Å². The van der Waals surface area contributed by atoms with Crippen molar-refractivity contribution >= 4 is 34.4 Å². The zero-order valence-electron chi connectivity index (χ0n) is 11.5. The molecule has 3 amide bonds. The molecular formula is C12H16N4O4S. The molecule has 0 radical (unpaired) electrons. The lowest BCUT2D eigenvalue weighted by Crippen LogP contribution is -2.46. The maximum Gasteiger partial charge on any atom is 0.340 e. The molecule has 1 saturated heterocycles. The van der Waals surface area contributed by atoms with E-state index < -0.39 is 17.9 Å². The summed E-state index contributed by atoms with van der Waals surface area (Å²) in [6.07, 6.45) is 1.32. The van der Waals surface area contributed by atoms with Gasteiger partial charge in [0.15, 0.2) is 0 Å². The van der Waals surface area contributed by atoms with Crippen LogP contribution in [0.3, 0.4) is 0 Å². The third-order valence-corrected chi connectivity index (χ3v) is 4.27. The number of primary amides is 1. The molecule has 1 unspecified atom stereocenters. The van der Waals surface area contributed by atoms with Crippen LogP contribution in [-0.2, 0) is 4.79 Å². The predicted molar refractivity (Wildman–Crippen MR) is 76.3 cm³/mol. The van der Waals surface area contributed by atoms with Crippen LogP contribution in [0, 0.1) is 12.8 Å². The van der Waals surface area contributed by atoms with Crippen LogP contribution in [0.1, 0.15) is 28.9 Å². The zero-order chi connectivity index (χ0) is 15.6. The van der Waals surface area contributed by atoms with E-state index in [1.165, 1.54) is 4.90 Å². The summed E-state index contributed by atoms with van der Waals surface area (Å²) in [7, 11) is 0. The fourth-order valence-corrected chi connectivity index (χ4v) is 3.10. The number of amides is 3. The van der Waals surface area contributed by atoms with Crippen molar-refractivity contribution in [1.82, 2.24) is 9.27 Å². The van der Waals surface area contributed by atoms with Crippen LogP contribution in [0.5, 0.6) is 0 Å². The number of carboxylic acid groups (broad SMARTS) is 1. The van der Waals surface area contributed by atoms with Crippen molar-refractivity contribution in [2.45, 2.75) is 19.8 Å². The highest BCUT2D eigenvalue weighted by atomic mass is 32.1. The van der Waals surface area contributed by atoms with E-state index >= 15 is 0 Å². The van der Waals surface area contributed by atoms with E-state index in [4.69, 9.17) is 10.8 Å². The van der Waals surface area contributed by atoms with E-state index in [0.717, 1.165) is 11.5 Å². The maximum atomic E-state index is 12.2. The summed E-state index contributed by atoms with van der Waals surface area (Å²) >= 11 is 0.936. The number of likely N-dealkylation sites (tertiary alicyclic amines) is 1. The zero-order valence-corrected chi connectivity index (χ0v) is 12.3. The molecular weight excluding hydrogens is 296 g/mol. The van der Waals surface area contributed by atoms with E-state index in [9.17, 15) is 14.4 Å². The smallest absolute Gasteiger partial charge is 0.340 e. The second kappa shape index (κ2) is 6.08. The second-order valence-corrected chi connectivity index (χ2v) is 5.66. The maximum absolute atomic E-state index is 12.2. The first-order valence-electron chi connectivity index (χ1n) is 6.45. The molecule has 1 fully saturated rings. The molecule has 0 saturated carbocycles. The molecule has 0 bridgehead atoms. The quantitative estimate of drug-likeness (QED) is 0.763. The van der Waals surface area contributed by atoms with E-state index in [0.29, 0.717) is 25.1 Å². The molecule has 2 rings (SSSR count). The first-order valence-corrected chi connectivity index (χ1v) is 7.22. The summed E-state index contributed by atoms with van der Waals surface area (Å²) in [5.74, 6) is -1.83. The summed E-state index contributed by atoms with van der Waals surface area (Å²) in [5.41, 5.74) is 5.59. The Hall–Kier alpha value is -2.16. The lowest BCUT2D eigenvalue weighted by atomic mass is 9.97. The average Bonchev–Trinajstić information content (AvgIpc) is 2.79. The Kier molecular flexibility index (Phi) is 4.41. The Morgan fingerprint density at radius 1 is 1.48 bits per heavy atom. The van der Waals surface area contributed by atoms with Gasteiger partial charge in [0.25, 0.3) is 0 Å². The number of anilines is 1. The van der Waals surface area contributed by atoms with Crippen LogP contribution in [-0.4, -0.2) is 45.4 Å². The number of piperidine rings is 1. The summed E-state index contributed by atoms with van der Waals surface area (Å²) in [4.78, 5) is 35.9. The monoisotopic (exact) mass is 312 g/mol. The molecule has 0 aromatic carbocycles. The molecule has 21 heavy (non-hydrogen) atoms. The third kappa shape index (κ3) is 3.30. The van der Waals surface area contributed by atoms with Crippen molar-refractivity contribution in [1.29, 1.82) is 0 Å². The molecule has 0 spiro atoms. The first kappa shape index (κ1) is 15.2. The van der Waals surface area contributed by atoms with Crippen LogP contribution >= 0.6 is 11.5 Å². The number of nitrogens with one attached hydrogen (secondary N) is 1. The van der Waals surface area contributed by atoms with Crippen molar-refractivity contribution in [3.05, 3.63) is 11.3 Å². The van der Waals surface area contributed by atoms with Gasteiger partial charge in [0.05, 0.1) is 11.6 Å². The first-order chi connectivity index (χ1) is 9.90. The Balaban J connectivity index is 2.08. The highest BCUT2D eigenvalue weighted by Crippen LogP contribution is 2.26. The number of hydrogen-bond donors (Lipinski definition) is 3. The van der Waals surface area contributed by atoms with Gasteiger partial charge in [0, 0.05) is 13.1 Å². The highest BCUT2D eigenvalue weighted by molar-refractivity contribution is 7.11. The molecule has 1 aliphatic rings. The number of aromatic nitrogens is 1. The molecule has 114 valence electrons. The van der Waals surface area contributed by atoms with Crippen molar-refractivity contribution in [3.8, 4) is 0 Å². The molecule has 4 N–H and O–H groups in total. The molecule has 1 aromatic heterocycles. The summed E-state index contributed by atoms with van der Waals surface area (Å²) in [6, 6.07) is -0.549. The molecule has 0 aliphatic carbocycles. The number of nitrogens with two attached hydrogens (primary N) is 1. The van der Waals surface area contributed by atoms with Gasteiger partial charge < -0.3 is 21.1 Å². The van der Waals surface area contributed by atoms with Crippen molar-refractivity contribution < 1.29 is 19.5 Å². The van der Waals surface area contributed by atoms with Crippen molar-refractivity contribution in [2.24, 2.45) is 11.7 Å².